The van der Waals surface area contributed by atoms with Crippen LogP contribution in [0, 0.1) is 0 Å². The minimum atomic E-state index is -1.30. The fourth-order valence-corrected chi connectivity index (χ4v) is 2.36. The van der Waals surface area contributed by atoms with Crippen molar-refractivity contribution in [3.8, 4) is 11.1 Å². The van der Waals surface area contributed by atoms with Gasteiger partial charge in [0.1, 0.15) is 0 Å². The summed E-state index contributed by atoms with van der Waals surface area (Å²) in [5.41, 5.74) is 0.354. The van der Waals surface area contributed by atoms with Gasteiger partial charge in [0, 0.05) is 5.02 Å². The first-order valence-corrected chi connectivity index (χ1v) is 6.22. The van der Waals surface area contributed by atoms with Gasteiger partial charge in [0.15, 0.2) is 0 Å². The maximum Gasteiger partial charge on any atom is 0.337 e. The summed E-state index contributed by atoms with van der Waals surface area (Å²) in [6.07, 6.45) is 0. The Morgan fingerprint density at radius 1 is 0.950 bits per heavy atom. The zero-order valence-electron chi connectivity index (χ0n) is 9.93. The van der Waals surface area contributed by atoms with Gasteiger partial charge in [-0.1, -0.05) is 41.4 Å². The van der Waals surface area contributed by atoms with Crippen LogP contribution in [0.3, 0.4) is 0 Å². The van der Waals surface area contributed by atoms with Crippen LogP contribution in [0.5, 0.6) is 0 Å². The largest absolute Gasteiger partial charge is 0.478 e. The second-order valence-corrected chi connectivity index (χ2v) is 4.78. The van der Waals surface area contributed by atoms with Gasteiger partial charge >= 0.3 is 11.9 Å². The minimum absolute atomic E-state index is 0.255. The monoisotopic (exact) mass is 310 g/mol. The van der Waals surface area contributed by atoms with Gasteiger partial charge in [-0.25, -0.2) is 9.59 Å². The molecule has 0 spiro atoms. The van der Waals surface area contributed by atoms with Crippen LogP contribution in [0.25, 0.3) is 11.1 Å². The Bertz CT molecular complexity index is 710. The molecule has 20 heavy (non-hydrogen) atoms. The number of hydrogen-bond donors (Lipinski definition) is 2. The molecule has 0 aliphatic carbocycles. The Morgan fingerprint density at radius 3 is 2.20 bits per heavy atom. The number of benzene rings is 2. The number of carboxylic acids is 2. The summed E-state index contributed by atoms with van der Waals surface area (Å²) in [5, 5.41) is 18.4. The van der Waals surface area contributed by atoms with Crippen molar-refractivity contribution in [1.82, 2.24) is 0 Å². The van der Waals surface area contributed by atoms with Crippen molar-refractivity contribution in [2.24, 2.45) is 0 Å². The van der Waals surface area contributed by atoms with Gasteiger partial charge in [0.2, 0.25) is 0 Å². The van der Waals surface area contributed by atoms with Crippen molar-refractivity contribution in [2.45, 2.75) is 0 Å². The molecular formula is C14H8Cl2O4. The van der Waals surface area contributed by atoms with Crippen LogP contribution in [0.1, 0.15) is 20.7 Å². The lowest BCUT2D eigenvalue weighted by atomic mass is 9.97. The highest BCUT2D eigenvalue weighted by atomic mass is 35.5. The third kappa shape index (κ3) is 2.61. The van der Waals surface area contributed by atoms with E-state index in [4.69, 9.17) is 28.3 Å². The maximum absolute atomic E-state index is 11.4. The van der Waals surface area contributed by atoms with Crippen LogP contribution in [0.15, 0.2) is 36.4 Å². The van der Waals surface area contributed by atoms with E-state index < -0.39 is 11.9 Å². The third-order valence-electron chi connectivity index (χ3n) is 2.72. The van der Waals surface area contributed by atoms with Gasteiger partial charge in [-0.15, -0.1) is 0 Å². The van der Waals surface area contributed by atoms with Crippen LogP contribution >= 0.6 is 23.2 Å². The fourth-order valence-electron chi connectivity index (χ4n) is 1.85. The summed E-state index contributed by atoms with van der Waals surface area (Å²) in [5.74, 6) is -2.58. The highest BCUT2D eigenvalue weighted by Gasteiger charge is 2.21. The van der Waals surface area contributed by atoms with Crippen LogP contribution in [0.2, 0.25) is 10.0 Å². The van der Waals surface area contributed by atoms with E-state index in [-0.39, 0.29) is 16.1 Å². The summed E-state index contributed by atoms with van der Waals surface area (Å²) in [4.78, 5) is 22.4. The molecule has 102 valence electrons. The second-order valence-electron chi connectivity index (χ2n) is 3.97. The topological polar surface area (TPSA) is 74.6 Å². The van der Waals surface area contributed by atoms with E-state index in [0.717, 1.165) is 0 Å². The summed E-state index contributed by atoms with van der Waals surface area (Å²) in [7, 11) is 0. The van der Waals surface area contributed by atoms with Crippen molar-refractivity contribution in [3.05, 3.63) is 57.6 Å². The van der Waals surface area contributed by atoms with E-state index in [1.165, 1.54) is 12.1 Å². The van der Waals surface area contributed by atoms with Gasteiger partial charge in [-0.3, -0.25) is 0 Å². The molecule has 0 unspecified atom stereocenters. The molecule has 2 aromatic carbocycles. The zero-order chi connectivity index (χ0) is 14.9. The highest BCUT2D eigenvalue weighted by Crippen LogP contribution is 2.33. The lowest BCUT2D eigenvalue weighted by Gasteiger charge is -2.10. The molecule has 6 heteroatoms. The van der Waals surface area contributed by atoms with Crippen molar-refractivity contribution in [3.63, 3.8) is 0 Å². The average Bonchev–Trinajstić information content (AvgIpc) is 2.37. The highest BCUT2D eigenvalue weighted by molar-refractivity contribution is 6.37. The van der Waals surface area contributed by atoms with Crippen LogP contribution < -0.4 is 0 Å². The maximum atomic E-state index is 11.4. The fraction of sp³-hybridized carbons (Fsp3) is 0. The minimum Gasteiger partial charge on any atom is -0.478 e. The summed E-state index contributed by atoms with van der Waals surface area (Å²) in [6, 6.07) is 9.25. The van der Waals surface area contributed by atoms with Crippen molar-refractivity contribution in [1.29, 1.82) is 0 Å². The van der Waals surface area contributed by atoms with E-state index in [1.54, 1.807) is 24.3 Å². The Morgan fingerprint density at radius 2 is 1.65 bits per heavy atom. The first kappa shape index (κ1) is 14.4. The van der Waals surface area contributed by atoms with Crippen molar-refractivity contribution < 1.29 is 19.8 Å². The second kappa shape index (κ2) is 5.53. The Hall–Kier alpha value is -2.04. The Labute approximate surface area is 124 Å². The predicted octanol–water partition coefficient (Wildman–Crippen LogP) is 4.06. The molecule has 0 radical (unpaired) electrons. The summed E-state index contributed by atoms with van der Waals surface area (Å²) in [6.45, 7) is 0. The molecule has 0 bridgehead atoms. The van der Waals surface area contributed by atoms with Crippen LogP contribution in [-0.2, 0) is 0 Å². The third-order valence-corrected chi connectivity index (χ3v) is 3.35. The number of aromatic carboxylic acids is 2. The molecule has 2 N–H and O–H groups in total. The van der Waals surface area contributed by atoms with E-state index >= 15 is 0 Å². The molecule has 0 atom stereocenters. The van der Waals surface area contributed by atoms with Gasteiger partial charge in [0.25, 0.3) is 0 Å². The van der Waals surface area contributed by atoms with E-state index in [1.807, 2.05) is 0 Å². The molecule has 0 aliphatic heterocycles. The number of rotatable bonds is 3. The number of carboxylic acid groups (broad SMARTS) is 2. The van der Waals surface area contributed by atoms with Gasteiger partial charge in [0.05, 0.1) is 16.1 Å². The quantitative estimate of drug-likeness (QED) is 0.896. The number of hydrogen-bond acceptors (Lipinski definition) is 2. The lowest BCUT2D eigenvalue weighted by Crippen LogP contribution is -2.06. The standard InChI is InChI=1S/C14H8Cl2O4/c15-8-3-1-2-7(6-8)9-4-5-10(13(17)18)12(16)11(9)14(19)20/h1-6H,(H,17,18)(H,19,20). The van der Waals surface area contributed by atoms with E-state index in [0.29, 0.717) is 16.1 Å². The van der Waals surface area contributed by atoms with E-state index in [2.05, 4.69) is 0 Å². The molecule has 0 aromatic heterocycles. The van der Waals surface area contributed by atoms with Gasteiger partial charge < -0.3 is 10.2 Å². The normalized spacial score (nSPS) is 10.3. The molecule has 0 amide bonds. The zero-order valence-corrected chi connectivity index (χ0v) is 11.4. The number of carbonyl (C=O) groups is 2. The van der Waals surface area contributed by atoms with Gasteiger partial charge in [-0.05, 0) is 29.3 Å². The summed E-state index contributed by atoms with van der Waals surface area (Å²) >= 11 is 11.8. The molecular weight excluding hydrogens is 303 g/mol. The molecule has 0 saturated carbocycles. The first-order chi connectivity index (χ1) is 9.41. The SMILES string of the molecule is O=C(O)c1ccc(-c2cccc(Cl)c2)c(C(=O)O)c1Cl. The van der Waals surface area contributed by atoms with Gasteiger partial charge in [-0.2, -0.15) is 0 Å². The Kier molecular flexibility index (Phi) is 3.97. The van der Waals surface area contributed by atoms with Crippen LogP contribution in [0.4, 0.5) is 0 Å². The molecule has 0 fully saturated rings. The average molecular weight is 311 g/mol. The van der Waals surface area contributed by atoms with E-state index in [9.17, 15) is 14.7 Å². The summed E-state index contributed by atoms with van der Waals surface area (Å²) < 4.78 is 0. The van der Waals surface area contributed by atoms with Crippen molar-refractivity contribution in [2.75, 3.05) is 0 Å². The Balaban J connectivity index is 2.74. The molecule has 0 aliphatic rings. The predicted molar refractivity (Wildman–Crippen MR) is 75.8 cm³/mol. The smallest absolute Gasteiger partial charge is 0.337 e. The first-order valence-electron chi connectivity index (χ1n) is 5.47. The molecule has 0 heterocycles. The molecule has 2 rings (SSSR count). The van der Waals surface area contributed by atoms with Crippen molar-refractivity contribution >= 4 is 35.1 Å². The number of halogens is 2. The molecule has 0 saturated heterocycles. The molecule has 2 aromatic rings. The van der Waals surface area contributed by atoms with Crippen LogP contribution in [-0.4, -0.2) is 22.2 Å². The molecule has 4 nitrogen and oxygen atoms in total. The lowest BCUT2D eigenvalue weighted by molar-refractivity contribution is 0.0696.